The van der Waals surface area contributed by atoms with Gasteiger partial charge in [0.25, 0.3) is 5.69 Å². The molecule has 6 heteroatoms. The molecule has 1 aliphatic rings. The number of carbonyl (C=O) groups excluding carboxylic acids is 1. The Morgan fingerprint density at radius 3 is 2.45 bits per heavy atom. The largest absolute Gasteiger partial charge is 0.459 e. The highest BCUT2D eigenvalue weighted by Crippen LogP contribution is 2.24. The zero-order valence-corrected chi connectivity index (χ0v) is 11.2. The van der Waals surface area contributed by atoms with Gasteiger partial charge in [-0.25, -0.2) is 4.79 Å². The lowest BCUT2D eigenvalue weighted by molar-refractivity contribution is -0.384. The number of hydrogen-bond acceptors (Lipinski definition) is 5. The second-order valence-corrected chi connectivity index (χ2v) is 5.05. The van der Waals surface area contributed by atoms with Gasteiger partial charge in [-0.1, -0.05) is 12.8 Å². The first-order valence-electron chi connectivity index (χ1n) is 6.83. The molecule has 0 unspecified atom stereocenters. The Hall–Kier alpha value is -2.11. The molecular weight excluding hydrogens is 260 g/mol. The normalized spacial score (nSPS) is 16.4. The van der Waals surface area contributed by atoms with Crippen molar-refractivity contribution in [2.45, 2.75) is 44.6 Å². The molecule has 2 rings (SSSR count). The summed E-state index contributed by atoms with van der Waals surface area (Å²) in [7, 11) is 0. The van der Waals surface area contributed by atoms with Gasteiger partial charge in [0.1, 0.15) is 6.10 Å². The van der Waals surface area contributed by atoms with E-state index in [-0.39, 0.29) is 23.0 Å². The molecule has 6 nitrogen and oxygen atoms in total. The molecule has 20 heavy (non-hydrogen) atoms. The summed E-state index contributed by atoms with van der Waals surface area (Å²) in [5, 5.41) is 10.6. The molecule has 1 fully saturated rings. The van der Waals surface area contributed by atoms with Crippen LogP contribution in [0.15, 0.2) is 18.2 Å². The first-order valence-corrected chi connectivity index (χ1v) is 6.83. The van der Waals surface area contributed by atoms with Crippen molar-refractivity contribution in [2.75, 3.05) is 5.73 Å². The number of carbonyl (C=O) groups is 1. The Balaban J connectivity index is 2.06. The van der Waals surface area contributed by atoms with Crippen LogP contribution in [0.2, 0.25) is 0 Å². The third-order valence-electron chi connectivity index (χ3n) is 3.54. The van der Waals surface area contributed by atoms with Gasteiger partial charge in [-0.3, -0.25) is 10.1 Å². The van der Waals surface area contributed by atoms with Gasteiger partial charge < -0.3 is 10.5 Å². The summed E-state index contributed by atoms with van der Waals surface area (Å²) in [6.45, 7) is 0. The van der Waals surface area contributed by atoms with E-state index >= 15 is 0 Å². The Morgan fingerprint density at radius 1 is 1.25 bits per heavy atom. The average Bonchev–Trinajstić information content (AvgIpc) is 2.67. The number of nitrogens with two attached hydrogens (primary N) is 1. The Morgan fingerprint density at radius 2 is 1.90 bits per heavy atom. The zero-order chi connectivity index (χ0) is 14.5. The van der Waals surface area contributed by atoms with E-state index in [0.29, 0.717) is 0 Å². The molecule has 1 aromatic rings. The maximum absolute atomic E-state index is 12.1. The third kappa shape index (κ3) is 3.46. The van der Waals surface area contributed by atoms with Crippen molar-refractivity contribution in [1.29, 1.82) is 0 Å². The second-order valence-electron chi connectivity index (χ2n) is 5.05. The fourth-order valence-corrected chi connectivity index (χ4v) is 2.42. The minimum absolute atomic E-state index is 0.0698. The van der Waals surface area contributed by atoms with Crippen LogP contribution in [-0.2, 0) is 4.74 Å². The van der Waals surface area contributed by atoms with E-state index in [1.807, 2.05) is 0 Å². The smallest absolute Gasteiger partial charge is 0.340 e. The highest BCUT2D eigenvalue weighted by molar-refractivity contribution is 5.95. The highest BCUT2D eigenvalue weighted by Gasteiger charge is 2.20. The molecule has 1 saturated carbocycles. The molecule has 0 aliphatic heterocycles. The van der Waals surface area contributed by atoms with E-state index in [1.54, 1.807) is 0 Å². The molecule has 1 aromatic carbocycles. The van der Waals surface area contributed by atoms with Crippen LogP contribution in [0.3, 0.4) is 0 Å². The summed E-state index contributed by atoms with van der Waals surface area (Å²) in [5.74, 6) is -0.496. The maximum Gasteiger partial charge on any atom is 0.340 e. The number of non-ortho nitro benzene ring substituents is 1. The molecule has 0 spiro atoms. The Bertz CT molecular complexity index is 508. The van der Waals surface area contributed by atoms with E-state index in [2.05, 4.69) is 0 Å². The van der Waals surface area contributed by atoms with Crippen molar-refractivity contribution in [1.82, 2.24) is 0 Å². The van der Waals surface area contributed by atoms with Crippen LogP contribution < -0.4 is 5.73 Å². The lowest BCUT2D eigenvalue weighted by Crippen LogP contribution is -2.18. The van der Waals surface area contributed by atoms with Crippen molar-refractivity contribution in [3.05, 3.63) is 33.9 Å². The topological polar surface area (TPSA) is 95.5 Å². The van der Waals surface area contributed by atoms with Gasteiger partial charge in [0, 0.05) is 12.1 Å². The number of nitrogen functional groups attached to an aromatic ring is 1. The van der Waals surface area contributed by atoms with Gasteiger partial charge in [0.15, 0.2) is 0 Å². The summed E-state index contributed by atoms with van der Waals surface area (Å²) in [6.07, 6.45) is 6.15. The van der Waals surface area contributed by atoms with Crippen LogP contribution in [-0.4, -0.2) is 17.0 Å². The Kier molecular flexibility index (Phi) is 4.55. The quantitative estimate of drug-likeness (QED) is 0.301. The number of hydrogen-bond donors (Lipinski definition) is 1. The summed E-state index contributed by atoms with van der Waals surface area (Å²) < 4.78 is 5.45. The highest BCUT2D eigenvalue weighted by atomic mass is 16.6. The van der Waals surface area contributed by atoms with Crippen LogP contribution in [0, 0.1) is 10.1 Å². The molecule has 0 atom stereocenters. The van der Waals surface area contributed by atoms with Crippen molar-refractivity contribution < 1.29 is 14.5 Å². The Labute approximate surface area is 117 Å². The van der Waals surface area contributed by atoms with Gasteiger partial charge in [0.05, 0.1) is 16.2 Å². The number of ether oxygens (including phenoxy) is 1. The fraction of sp³-hybridized carbons (Fsp3) is 0.500. The number of rotatable bonds is 3. The lowest BCUT2D eigenvalue weighted by Gasteiger charge is -2.16. The molecule has 1 aliphatic carbocycles. The first-order chi connectivity index (χ1) is 9.58. The van der Waals surface area contributed by atoms with Crippen LogP contribution in [0.5, 0.6) is 0 Å². The van der Waals surface area contributed by atoms with Gasteiger partial charge >= 0.3 is 5.97 Å². The van der Waals surface area contributed by atoms with Crippen molar-refractivity contribution in [3.8, 4) is 0 Å². The number of nitro groups is 1. The summed E-state index contributed by atoms with van der Waals surface area (Å²) in [4.78, 5) is 22.1. The van der Waals surface area contributed by atoms with Crippen LogP contribution in [0.4, 0.5) is 11.4 Å². The van der Waals surface area contributed by atoms with E-state index in [9.17, 15) is 14.9 Å². The van der Waals surface area contributed by atoms with E-state index in [0.717, 1.165) is 25.7 Å². The lowest BCUT2D eigenvalue weighted by atomic mass is 10.1. The van der Waals surface area contributed by atoms with Crippen molar-refractivity contribution in [2.24, 2.45) is 0 Å². The fourth-order valence-electron chi connectivity index (χ4n) is 2.42. The standard InChI is InChI=1S/C14H18N2O4/c15-13-9-10(16(18)19)7-8-12(13)14(17)20-11-5-3-1-2-4-6-11/h7-9,11H,1-6,15H2. The molecule has 0 amide bonds. The number of nitrogens with zero attached hydrogens (tertiary/aromatic N) is 1. The summed E-state index contributed by atoms with van der Waals surface area (Å²) in [5.41, 5.74) is 5.84. The predicted octanol–water partition coefficient (Wildman–Crippen LogP) is 3.06. The SMILES string of the molecule is Nc1cc([N+](=O)[O-])ccc1C(=O)OC1CCCCCC1. The number of esters is 1. The first kappa shape index (κ1) is 14.3. The minimum atomic E-state index is -0.545. The summed E-state index contributed by atoms with van der Waals surface area (Å²) in [6, 6.07) is 3.80. The second kappa shape index (κ2) is 6.36. The predicted molar refractivity (Wildman–Crippen MR) is 74.4 cm³/mol. The van der Waals surface area contributed by atoms with Gasteiger partial charge in [0.2, 0.25) is 0 Å². The monoisotopic (exact) mass is 278 g/mol. The molecule has 2 N–H and O–H groups in total. The average molecular weight is 278 g/mol. The zero-order valence-electron chi connectivity index (χ0n) is 11.2. The third-order valence-corrected chi connectivity index (χ3v) is 3.54. The number of nitro benzene ring substituents is 1. The molecule has 0 radical (unpaired) electrons. The van der Waals surface area contributed by atoms with E-state index < -0.39 is 10.9 Å². The molecule has 108 valence electrons. The molecule has 0 saturated heterocycles. The molecule has 0 heterocycles. The van der Waals surface area contributed by atoms with Crippen LogP contribution >= 0.6 is 0 Å². The van der Waals surface area contributed by atoms with Gasteiger partial charge in [-0.15, -0.1) is 0 Å². The molecule has 0 bridgehead atoms. The van der Waals surface area contributed by atoms with Crippen molar-refractivity contribution >= 4 is 17.3 Å². The maximum atomic E-state index is 12.1. The van der Waals surface area contributed by atoms with Crippen molar-refractivity contribution in [3.63, 3.8) is 0 Å². The summed E-state index contributed by atoms with van der Waals surface area (Å²) >= 11 is 0. The number of benzene rings is 1. The molecular formula is C14H18N2O4. The van der Waals surface area contributed by atoms with Crippen LogP contribution in [0.1, 0.15) is 48.9 Å². The van der Waals surface area contributed by atoms with E-state index in [4.69, 9.17) is 10.5 Å². The molecule has 0 aromatic heterocycles. The minimum Gasteiger partial charge on any atom is -0.459 e. The van der Waals surface area contributed by atoms with Gasteiger partial charge in [-0.05, 0) is 31.7 Å². The van der Waals surface area contributed by atoms with E-state index in [1.165, 1.54) is 31.0 Å². The van der Waals surface area contributed by atoms with Crippen LogP contribution in [0.25, 0.3) is 0 Å². The number of anilines is 1. The van der Waals surface area contributed by atoms with Gasteiger partial charge in [-0.2, -0.15) is 0 Å².